The standard InChI is InChI=1S/C16H20ClFN2S/c1-3-5-14-15(10-19-8-4-2)21-16(20-14)11-6-7-13(18)12(17)9-11/h6-7,9,19H,3-5,8,10H2,1-2H3. The third-order valence-corrected chi connectivity index (χ3v) is 4.58. The fourth-order valence-corrected chi connectivity index (χ4v) is 3.34. The molecule has 0 spiro atoms. The van der Waals surface area contributed by atoms with Crippen molar-refractivity contribution in [2.24, 2.45) is 0 Å². The Bertz CT molecular complexity index is 598. The first-order chi connectivity index (χ1) is 10.2. The molecule has 2 nitrogen and oxygen atoms in total. The van der Waals surface area contributed by atoms with E-state index in [2.05, 4.69) is 19.2 Å². The molecule has 0 unspecified atom stereocenters. The molecular weight excluding hydrogens is 307 g/mol. The van der Waals surface area contributed by atoms with Gasteiger partial charge in [-0.15, -0.1) is 11.3 Å². The predicted molar refractivity (Wildman–Crippen MR) is 88.5 cm³/mol. The first kappa shape index (κ1) is 16.4. The van der Waals surface area contributed by atoms with E-state index < -0.39 is 5.82 Å². The summed E-state index contributed by atoms with van der Waals surface area (Å²) < 4.78 is 13.3. The van der Waals surface area contributed by atoms with Gasteiger partial charge in [-0.05, 0) is 37.6 Å². The van der Waals surface area contributed by atoms with Crippen LogP contribution in [0.4, 0.5) is 4.39 Å². The smallest absolute Gasteiger partial charge is 0.141 e. The molecule has 0 bridgehead atoms. The Balaban J connectivity index is 2.26. The second-order valence-electron chi connectivity index (χ2n) is 4.94. The Hall–Kier alpha value is -0.970. The molecule has 0 saturated heterocycles. The van der Waals surface area contributed by atoms with Crippen LogP contribution >= 0.6 is 22.9 Å². The number of nitrogens with zero attached hydrogens (tertiary/aromatic N) is 1. The fourth-order valence-electron chi connectivity index (χ4n) is 2.08. The molecule has 0 fully saturated rings. The van der Waals surface area contributed by atoms with Gasteiger partial charge < -0.3 is 5.32 Å². The number of hydrogen-bond acceptors (Lipinski definition) is 3. The van der Waals surface area contributed by atoms with Crippen molar-refractivity contribution in [2.45, 2.75) is 39.7 Å². The summed E-state index contributed by atoms with van der Waals surface area (Å²) in [5.74, 6) is -0.393. The van der Waals surface area contributed by atoms with Gasteiger partial charge in [-0.1, -0.05) is 31.9 Å². The van der Waals surface area contributed by atoms with E-state index in [1.807, 2.05) is 0 Å². The van der Waals surface area contributed by atoms with Crippen molar-refractivity contribution in [3.05, 3.63) is 39.6 Å². The minimum atomic E-state index is -0.393. The van der Waals surface area contributed by atoms with E-state index in [1.165, 1.54) is 10.9 Å². The van der Waals surface area contributed by atoms with Gasteiger partial charge >= 0.3 is 0 Å². The monoisotopic (exact) mass is 326 g/mol. The van der Waals surface area contributed by atoms with E-state index in [0.29, 0.717) is 0 Å². The van der Waals surface area contributed by atoms with Gasteiger partial charge in [0.15, 0.2) is 0 Å². The third-order valence-electron chi connectivity index (χ3n) is 3.14. The molecule has 1 aromatic heterocycles. The number of thiazole rings is 1. The van der Waals surface area contributed by atoms with Crippen LogP contribution in [0.1, 0.15) is 37.3 Å². The van der Waals surface area contributed by atoms with Gasteiger partial charge in [0, 0.05) is 17.0 Å². The van der Waals surface area contributed by atoms with Gasteiger partial charge in [0.1, 0.15) is 10.8 Å². The van der Waals surface area contributed by atoms with Crippen LogP contribution in [0.15, 0.2) is 18.2 Å². The molecule has 0 aliphatic heterocycles. The zero-order chi connectivity index (χ0) is 15.2. The van der Waals surface area contributed by atoms with E-state index >= 15 is 0 Å². The molecule has 1 N–H and O–H groups in total. The summed E-state index contributed by atoms with van der Waals surface area (Å²) in [4.78, 5) is 5.98. The van der Waals surface area contributed by atoms with Crippen molar-refractivity contribution in [3.8, 4) is 10.6 Å². The first-order valence-corrected chi connectivity index (χ1v) is 8.49. The van der Waals surface area contributed by atoms with Crippen molar-refractivity contribution < 1.29 is 4.39 Å². The lowest BCUT2D eigenvalue weighted by molar-refractivity contribution is 0.628. The van der Waals surface area contributed by atoms with Crippen LogP contribution in [0.25, 0.3) is 10.6 Å². The summed E-state index contributed by atoms with van der Waals surface area (Å²) in [6, 6.07) is 4.78. The van der Waals surface area contributed by atoms with Crippen molar-refractivity contribution in [2.75, 3.05) is 6.54 Å². The van der Waals surface area contributed by atoms with Gasteiger partial charge in [0.25, 0.3) is 0 Å². The predicted octanol–water partition coefficient (Wildman–Crippen LogP) is 5.05. The molecule has 114 valence electrons. The largest absolute Gasteiger partial charge is 0.312 e. The van der Waals surface area contributed by atoms with Gasteiger partial charge in [-0.2, -0.15) is 0 Å². The molecule has 0 aliphatic carbocycles. The summed E-state index contributed by atoms with van der Waals surface area (Å²) >= 11 is 7.53. The van der Waals surface area contributed by atoms with E-state index in [4.69, 9.17) is 16.6 Å². The van der Waals surface area contributed by atoms with Crippen LogP contribution in [-0.2, 0) is 13.0 Å². The Kier molecular flexibility index (Phi) is 6.15. The zero-order valence-electron chi connectivity index (χ0n) is 12.4. The second kappa shape index (κ2) is 7.87. The van der Waals surface area contributed by atoms with Crippen LogP contribution < -0.4 is 5.32 Å². The number of benzene rings is 1. The molecule has 0 amide bonds. The minimum Gasteiger partial charge on any atom is -0.312 e. The Morgan fingerprint density at radius 3 is 2.76 bits per heavy atom. The van der Waals surface area contributed by atoms with Crippen molar-refractivity contribution in [1.29, 1.82) is 0 Å². The van der Waals surface area contributed by atoms with Gasteiger partial charge in [-0.25, -0.2) is 9.37 Å². The SMILES string of the molecule is CCCNCc1sc(-c2ccc(F)c(Cl)c2)nc1CCC. The van der Waals surface area contributed by atoms with E-state index in [-0.39, 0.29) is 5.02 Å². The molecule has 1 heterocycles. The fraction of sp³-hybridized carbons (Fsp3) is 0.438. The van der Waals surface area contributed by atoms with Gasteiger partial charge in [-0.3, -0.25) is 0 Å². The molecule has 5 heteroatoms. The lowest BCUT2D eigenvalue weighted by Gasteiger charge is -2.02. The van der Waals surface area contributed by atoms with Gasteiger partial charge in [0.05, 0.1) is 10.7 Å². The average Bonchev–Trinajstić information content (AvgIpc) is 2.86. The topological polar surface area (TPSA) is 24.9 Å². The van der Waals surface area contributed by atoms with Crippen LogP contribution in [0.2, 0.25) is 5.02 Å². The van der Waals surface area contributed by atoms with Gasteiger partial charge in [0.2, 0.25) is 0 Å². The summed E-state index contributed by atoms with van der Waals surface area (Å²) in [6.07, 6.45) is 3.14. The number of nitrogens with one attached hydrogen (secondary N) is 1. The highest BCUT2D eigenvalue weighted by atomic mass is 35.5. The molecule has 2 aromatic rings. The molecular formula is C16H20ClFN2S. The highest BCUT2D eigenvalue weighted by Gasteiger charge is 2.13. The third kappa shape index (κ3) is 4.25. The Labute approximate surface area is 134 Å². The molecule has 2 rings (SSSR count). The molecule has 21 heavy (non-hydrogen) atoms. The highest BCUT2D eigenvalue weighted by molar-refractivity contribution is 7.15. The summed E-state index contributed by atoms with van der Waals surface area (Å²) in [7, 11) is 0. The van der Waals surface area contributed by atoms with E-state index in [0.717, 1.165) is 48.6 Å². The first-order valence-electron chi connectivity index (χ1n) is 7.30. The van der Waals surface area contributed by atoms with E-state index in [9.17, 15) is 4.39 Å². The number of halogens is 2. The number of aryl methyl sites for hydroxylation is 1. The second-order valence-corrected chi connectivity index (χ2v) is 6.44. The highest BCUT2D eigenvalue weighted by Crippen LogP contribution is 2.31. The minimum absolute atomic E-state index is 0.144. The van der Waals surface area contributed by atoms with Crippen LogP contribution in [-0.4, -0.2) is 11.5 Å². The van der Waals surface area contributed by atoms with Crippen LogP contribution in [0, 0.1) is 5.82 Å². The van der Waals surface area contributed by atoms with Crippen molar-refractivity contribution in [3.63, 3.8) is 0 Å². The quantitative estimate of drug-likeness (QED) is 0.720. The molecule has 0 aliphatic rings. The lowest BCUT2D eigenvalue weighted by atomic mass is 10.2. The summed E-state index contributed by atoms with van der Waals surface area (Å²) in [5.41, 5.74) is 2.02. The molecule has 0 radical (unpaired) electrons. The number of hydrogen-bond donors (Lipinski definition) is 1. The summed E-state index contributed by atoms with van der Waals surface area (Å²) in [6.45, 7) is 6.15. The molecule has 1 aromatic carbocycles. The molecule has 0 saturated carbocycles. The van der Waals surface area contributed by atoms with Crippen LogP contribution in [0.5, 0.6) is 0 Å². The summed E-state index contributed by atoms with van der Waals surface area (Å²) in [5, 5.41) is 4.47. The Morgan fingerprint density at radius 2 is 2.10 bits per heavy atom. The number of rotatable bonds is 7. The molecule has 0 atom stereocenters. The van der Waals surface area contributed by atoms with E-state index in [1.54, 1.807) is 23.5 Å². The van der Waals surface area contributed by atoms with Crippen LogP contribution in [0.3, 0.4) is 0 Å². The van der Waals surface area contributed by atoms with Crippen molar-refractivity contribution >= 4 is 22.9 Å². The maximum atomic E-state index is 13.3. The zero-order valence-corrected chi connectivity index (χ0v) is 14.0. The maximum absolute atomic E-state index is 13.3. The lowest BCUT2D eigenvalue weighted by Crippen LogP contribution is -2.13. The Morgan fingerprint density at radius 1 is 1.29 bits per heavy atom. The maximum Gasteiger partial charge on any atom is 0.141 e. The van der Waals surface area contributed by atoms with Crippen molar-refractivity contribution in [1.82, 2.24) is 10.3 Å². The average molecular weight is 327 g/mol. The number of aromatic nitrogens is 1. The normalized spacial score (nSPS) is 11.0.